The van der Waals surface area contributed by atoms with Crippen LogP contribution >= 0.6 is 0 Å². The molecule has 1 aliphatic heterocycles. The number of benzene rings is 1. The smallest absolute Gasteiger partial charge is 0.338 e. The van der Waals surface area contributed by atoms with Gasteiger partial charge in [0.15, 0.2) is 7.85 Å². The van der Waals surface area contributed by atoms with Crippen LogP contribution in [-0.2, 0) is 0 Å². The molecule has 2 heterocycles. The fraction of sp³-hybridized carbons (Fsp3) is 0.353. The first-order chi connectivity index (χ1) is 10.8. The number of anilines is 1. The molecule has 5 heteroatoms. The third-order valence-electron chi connectivity index (χ3n) is 4.00. The van der Waals surface area contributed by atoms with E-state index in [-0.39, 0.29) is 5.63 Å². The van der Waals surface area contributed by atoms with Gasteiger partial charge in [-0.05, 0) is 25.0 Å². The molecule has 2 radical (unpaired) electrons. The molecule has 0 atom stereocenters. The van der Waals surface area contributed by atoms with Crippen molar-refractivity contribution in [2.45, 2.75) is 18.9 Å². The van der Waals surface area contributed by atoms with Gasteiger partial charge in [-0.25, -0.2) is 4.79 Å². The number of likely N-dealkylation sites (tertiary alicyclic amines) is 1. The second-order valence-corrected chi connectivity index (χ2v) is 5.49. The summed E-state index contributed by atoms with van der Waals surface area (Å²) in [6.45, 7) is 2.68. The summed E-state index contributed by atoms with van der Waals surface area (Å²) in [5.74, 6) is 5.33. The summed E-state index contributed by atoms with van der Waals surface area (Å²) in [5.41, 5.74) is 1.15. The predicted molar refractivity (Wildman–Crippen MR) is 89.1 cm³/mol. The van der Waals surface area contributed by atoms with Crippen molar-refractivity contribution in [3.8, 4) is 11.7 Å². The van der Waals surface area contributed by atoms with Crippen LogP contribution in [0.4, 0.5) is 5.69 Å². The summed E-state index contributed by atoms with van der Waals surface area (Å²) in [5, 5.41) is 4.44. The lowest BCUT2D eigenvalue weighted by molar-refractivity contribution is 0.243. The third kappa shape index (κ3) is 3.34. The van der Waals surface area contributed by atoms with Gasteiger partial charge in [-0.3, -0.25) is 4.90 Å². The molecule has 1 saturated heterocycles. The highest BCUT2D eigenvalue weighted by molar-refractivity contribution is 6.22. The minimum absolute atomic E-state index is 0.322. The Morgan fingerprint density at radius 3 is 2.86 bits per heavy atom. The zero-order valence-electron chi connectivity index (χ0n) is 12.3. The van der Waals surface area contributed by atoms with E-state index < -0.39 is 0 Å². The fourth-order valence-electron chi connectivity index (χ4n) is 2.84. The van der Waals surface area contributed by atoms with E-state index in [1.54, 1.807) is 0 Å². The van der Waals surface area contributed by atoms with Crippen LogP contribution in [0, 0.1) is 11.7 Å². The molecule has 1 aromatic carbocycles. The van der Waals surface area contributed by atoms with E-state index in [1.165, 1.54) is 6.07 Å². The van der Waals surface area contributed by atoms with E-state index in [4.69, 9.17) is 12.3 Å². The summed E-state index contributed by atoms with van der Waals surface area (Å²) in [6.07, 6.45) is 2.03. The Morgan fingerprint density at radius 1 is 1.32 bits per heavy atom. The number of rotatable bonds is 3. The molecule has 0 unspecified atom stereocenters. The molecule has 0 saturated carbocycles. The van der Waals surface area contributed by atoms with E-state index in [0.29, 0.717) is 11.6 Å². The van der Waals surface area contributed by atoms with Crippen molar-refractivity contribution >= 4 is 24.5 Å². The van der Waals surface area contributed by atoms with E-state index >= 15 is 0 Å². The van der Waals surface area contributed by atoms with E-state index in [0.717, 1.165) is 43.5 Å². The van der Waals surface area contributed by atoms with Crippen LogP contribution in [0.25, 0.3) is 11.0 Å². The molecular formula is C17H17BN2O2. The van der Waals surface area contributed by atoms with Crippen molar-refractivity contribution in [3.05, 3.63) is 40.8 Å². The molecule has 1 N–H and O–H groups in total. The second-order valence-electron chi connectivity index (χ2n) is 5.49. The maximum absolute atomic E-state index is 11.7. The van der Waals surface area contributed by atoms with Crippen molar-refractivity contribution in [3.63, 3.8) is 0 Å². The Bertz CT molecular complexity index is 767. The van der Waals surface area contributed by atoms with Gasteiger partial charge in [-0.1, -0.05) is 12.1 Å². The highest BCUT2D eigenvalue weighted by Gasteiger charge is 2.19. The zero-order valence-corrected chi connectivity index (χ0v) is 12.3. The Kier molecular flexibility index (Phi) is 4.50. The third-order valence-corrected chi connectivity index (χ3v) is 4.00. The lowest BCUT2D eigenvalue weighted by atomic mass is 10.0. The van der Waals surface area contributed by atoms with Crippen LogP contribution in [0.1, 0.15) is 12.8 Å². The molecule has 1 fully saturated rings. The first-order valence-corrected chi connectivity index (χ1v) is 7.46. The first kappa shape index (κ1) is 14.7. The monoisotopic (exact) mass is 292 g/mol. The Labute approximate surface area is 130 Å². The molecule has 110 valence electrons. The van der Waals surface area contributed by atoms with Crippen LogP contribution in [0.2, 0.25) is 0 Å². The molecule has 0 spiro atoms. The van der Waals surface area contributed by atoms with Crippen LogP contribution < -0.4 is 10.9 Å². The van der Waals surface area contributed by atoms with Gasteiger partial charge in [0.1, 0.15) is 5.58 Å². The van der Waals surface area contributed by atoms with Gasteiger partial charge in [-0.15, -0.1) is 5.92 Å². The molecule has 4 nitrogen and oxygen atoms in total. The first-order valence-electron chi connectivity index (χ1n) is 7.46. The highest BCUT2D eigenvalue weighted by Crippen LogP contribution is 2.23. The number of nitrogens with one attached hydrogen (secondary N) is 1. The summed E-state index contributed by atoms with van der Waals surface area (Å²) < 4.78 is 5.22. The number of para-hydroxylation sites is 1. The van der Waals surface area contributed by atoms with Gasteiger partial charge in [0, 0.05) is 30.6 Å². The average Bonchev–Trinajstić information content (AvgIpc) is 2.54. The molecule has 0 amide bonds. The molecule has 1 aliphatic rings. The summed E-state index contributed by atoms with van der Waals surface area (Å²) in [6, 6.07) is 9.48. The van der Waals surface area contributed by atoms with Crippen molar-refractivity contribution < 1.29 is 4.42 Å². The normalized spacial score (nSPS) is 16.2. The maximum atomic E-state index is 11.7. The maximum Gasteiger partial charge on any atom is 0.338 e. The quantitative estimate of drug-likeness (QED) is 0.532. The largest absolute Gasteiger partial charge is 0.423 e. The number of fused-ring (bicyclic) bond motifs is 1. The highest BCUT2D eigenvalue weighted by atomic mass is 16.4. The lowest BCUT2D eigenvalue weighted by Gasteiger charge is -2.31. The number of nitrogens with zero attached hydrogens (tertiary/aromatic N) is 1. The Morgan fingerprint density at radius 2 is 2.09 bits per heavy atom. The zero-order chi connectivity index (χ0) is 15.4. The molecule has 22 heavy (non-hydrogen) atoms. The molecule has 2 aromatic rings. The van der Waals surface area contributed by atoms with Crippen molar-refractivity contribution in [2.75, 3.05) is 25.0 Å². The molecular weight excluding hydrogens is 275 g/mol. The minimum atomic E-state index is -0.322. The minimum Gasteiger partial charge on any atom is -0.423 e. The SMILES string of the molecule is [B]C#CCN1CCC(Nc2cc(=O)oc3ccccc23)CC1. The van der Waals surface area contributed by atoms with Crippen LogP contribution in [-0.4, -0.2) is 38.4 Å². The van der Waals surface area contributed by atoms with E-state index in [1.807, 2.05) is 24.3 Å². The number of piperidine rings is 1. The van der Waals surface area contributed by atoms with E-state index in [9.17, 15) is 4.79 Å². The average molecular weight is 292 g/mol. The van der Waals surface area contributed by atoms with Gasteiger partial charge in [0.05, 0.1) is 12.2 Å². The number of hydrogen-bond acceptors (Lipinski definition) is 4. The lowest BCUT2D eigenvalue weighted by Crippen LogP contribution is -2.39. The van der Waals surface area contributed by atoms with Crippen LogP contribution in [0.15, 0.2) is 39.5 Å². The Hall–Kier alpha value is -2.19. The molecule has 0 aliphatic carbocycles. The fourth-order valence-corrected chi connectivity index (χ4v) is 2.84. The van der Waals surface area contributed by atoms with Gasteiger partial charge in [0.25, 0.3) is 0 Å². The van der Waals surface area contributed by atoms with Gasteiger partial charge >= 0.3 is 5.63 Å². The molecule has 3 rings (SSSR count). The van der Waals surface area contributed by atoms with Gasteiger partial charge in [0.2, 0.25) is 0 Å². The standard InChI is InChI=1S/C17H17BN2O2/c18-8-3-9-20-10-6-13(7-11-20)19-15-12-17(21)22-16-5-2-1-4-14(15)16/h1-2,4-5,12-13,19H,6-7,9-11H2. The number of hydrogen-bond donors (Lipinski definition) is 1. The summed E-state index contributed by atoms with van der Waals surface area (Å²) in [7, 11) is 5.20. The Balaban J connectivity index is 1.72. The van der Waals surface area contributed by atoms with Crippen LogP contribution in [0.3, 0.4) is 0 Å². The van der Waals surface area contributed by atoms with Gasteiger partial charge < -0.3 is 9.73 Å². The van der Waals surface area contributed by atoms with Gasteiger partial charge in [-0.2, -0.15) is 5.82 Å². The summed E-state index contributed by atoms with van der Waals surface area (Å²) >= 11 is 0. The van der Waals surface area contributed by atoms with E-state index in [2.05, 4.69) is 22.0 Å². The van der Waals surface area contributed by atoms with Crippen LogP contribution in [0.5, 0.6) is 0 Å². The van der Waals surface area contributed by atoms with Crippen molar-refractivity contribution in [2.24, 2.45) is 0 Å². The molecule has 0 bridgehead atoms. The molecule has 1 aromatic heterocycles. The van der Waals surface area contributed by atoms with Crippen molar-refractivity contribution in [1.29, 1.82) is 0 Å². The topological polar surface area (TPSA) is 45.5 Å². The second kappa shape index (κ2) is 6.72. The van der Waals surface area contributed by atoms with Crippen molar-refractivity contribution in [1.82, 2.24) is 4.90 Å². The predicted octanol–water partition coefficient (Wildman–Crippen LogP) is 1.80. The summed E-state index contributed by atoms with van der Waals surface area (Å²) in [4.78, 5) is 14.0.